The molecule has 1 atom stereocenters. The maximum absolute atomic E-state index is 14.6. The maximum Gasteiger partial charge on any atom is 0.208 e. The minimum absolute atomic E-state index is 0.212. The second kappa shape index (κ2) is 9.09. The molecule has 1 aliphatic rings. The van der Waals surface area contributed by atoms with Crippen LogP contribution in [-0.2, 0) is 24.0 Å². The van der Waals surface area contributed by atoms with Crippen molar-refractivity contribution in [3.8, 4) is 22.9 Å². The topological polar surface area (TPSA) is 95.5 Å². The monoisotopic (exact) mass is 490 g/mol. The van der Waals surface area contributed by atoms with E-state index in [1.54, 1.807) is 41.3 Å². The van der Waals surface area contributed by atoms with Crippen LogP contribution in [0.3, 0.4) is 0 Å². The quantitative estimate of drug-likeness (QED) is 0.441. The van der Waals surface area contributed by atoms with E-state index >= 15 is 0 Å². The fourth-order valence-electron chi connectivity index (χ4n) is 4.28. The Kier molecular flexibility index (Phi) is 5.96. The first-order valence-electron chi connectivity index (χ1n) is 11.0. The summed E-state index contributed by atoms with van der Waals surface area (Å²) in [5.74, 6) is 0.848. The van der Waals surface area contributed by atoms with E-state index in [-0.39, 0.29) is 18.1 Å². The molecule has 1 unspecified atom stereocenters. The number of nitriles is 1. The van der Waals surface area contributed by atoms with Gasteiger partial charge in [0.05, 0.1) is 17.7 Å². The lowest BCUT2D eigenvalue weighted by molar-refractivity contribution is 0.356. The highest BCUT2D eigenvalue weighted by Crippen LogP contribution is 2.32. The average molecular weight is 491 g/mol. The Morgan fingerprint density at radius 1 is 1.29 bits per heavy atom. The highest BCUT2D eigenvalue weighted by molar-refractivity contribution is 7.82. The zero-order chi connectivity index (χ0) is 24.7. The Morgan fingerprint density at radius 3 is 2.86 bits per heavy atom. The van der Waals surface area contributed by atoms with Crippen LogP contribution in [0.2, 0.25) is 0 Å². The number of aryl methyl sites for hydroxylation is 1. The van der Waals surface area contributed by atoms with E-state index < -0.39 is 11.0 Å². The van der Waals surface area contributed by atoms with Crippen LogP contribution in [0.15, 0.2) is 47.6 Å². The number of nitrogens with zero attached hydrogens (tertiary/aromatic N) is 5. The molecule has 0 aliphatic carbocycles. The molecular formula is C25H23FN6O2S. The van der Waals surface area contributed by atoms with E-state index in [9.17, 15) is 13.9 Å². The number of ether oxygens (including phenoxy) is 1. The van der Waals surface area contributed by atoms with Crippen molar-refractivity contribution in [1.29, 1.82) is 5.26 Å². The molecule has 10 heteroatoms. The second-order valence-corrected chi connectivity index (χ2v) is 10.1. The zero-order valence-electron chi connectivity index (χ0n) is 19.5. The molecule has 3 heterocycles. The van der Waals surface area contributed by atoms with E-state index in [0.717, 1.165) is 22.3 Å². The Labute approximate surface area is 204 Å². The molecule has 8 nitrogen and oxygen atoms in total. The highest BCUT2D eigenvalue weighted by Gasteiger charge is 2.21. The van der Waals surface area contributed by atoms with Crippen molar-refractivity contribution in [3.05, 3.63) is 70.9 Å². The van der Waals surface area contributed by atoms with Crippen LogP contribution >= 0.6 is 0 Å². The number of fused-ring (bicyclic) bond motifs is 2. The van der Waals surface area contributed by atoms with E-state index in [1.807, 2.05) is 25.1 Å². The number of benzene rings is 2. The predicted molar refractivity (Wildman–Crippen MR) is 131 cm³/mol. The number of nitrogens with one attached hydrogen (secondary N) is 1. The molecule has 2 aromatic heterocycles. The number of imidazole rings is 1. The van der Waals surface area contributed by atoms with Gasteiger partial charge >= 0.3 is 0 Å². The number of hydrogen-bond acceptors (Lipinski definition) is 6. The van der Waals surface area contributed by atoms with Gasteiger partial charge in [-0.2, -0.15) is 5.26 Å². The molecule has 0 fully saturated rings. The summed E-state index contributed by atoms with van der Waals surface area (Å²) in [6.45, 7) is 2.68. The summed E-state index contributed by atoms with van der Waals surface area (Å²) in [6.07, 6.45) is 3.95. The van der Waals surface area contributed by atoms with Crippen molar-refractivity contribution in [1.82, 2.24) is 18.7 Å². The normalized spacial score (nSPS) is 13.5. The van der Waals surface area contributed by atoms with Gasteiger partial charge in [0.1, 0.15) is 28.6 Å². The van der Waals surface area contributed by atoms with Gasteiger partial charge in [-0.1, -0.05) is 6.07 Å². The van der Waals surface area contributed by atoms with Crippen molar-refractivity contribution in [2.45, 2.75) is 24.8 Å². The third-order valence-electron chi connectivity index (χ3n) is 5.99. The van der Waals surface area contributed by atoms with E-state index in [0.29, 0.717) is 40.8 Å². The van der Waals surface area contributed by atoms with Crippen molar-refractivity contribution >= 4 is 22.6 Å². The van der Waals surface area contributed by atoms with Crippen LogP contribution in [0.1, 0.15) is 22.4 Å². The summed E-state index contributed by atoms with van der Waals surface area (Å²) in [7, 11) is 2.26. The second-order valence-electron chi connectivity index (χ2n) is 8.42. The minimum atomic E-state index is -1.26. The van der Waals surface area contributed by atoms with Gasteiger partial charge in [0.2, 0.25) is 5.95 Å². The number of hydrogen-bond donors (Lipinski definition) is 1. The average Bonchev–Trinajstić information content (AvgIpc) is 3.50. The number of rotatable bonds is 6. The van der Waals surface area contributed by atoms with Crippen LogP contribution < -0.4 is 10.1 Å². The molecule has 0 spiro atoms. The molecule has 2 aromatic carbocycles. The lowest BCUT2D eigenvalue weighted by Crippen LogP contribution is -2.15. The van der Waals surface area contributed by atoms with Gasteiger partial charge in [0, 0.05) is 35.9 Å². The molecule has 0 bridgehead atoms. The largest absolute Gasteiger partial charge is 0.493 e. The summed E-state index contributed by atoms with van der Waals surface area (Å²) in [6, 6.07) is 10.7. The molecule has 0 saturated carbocycles. The van der Waals surface area contributed by atoms with E-state index in [1.165, 1.54) is 6.07 Å². The third kappa shape index (κ3) is 4.13. The highest BCUT2D eigenvalue weighted by atomic mass is 32.2. The first kappa shape index (κ1) is 23.0. The Hall–Kier alpha value is -3.81. The van der Waals surface area contributed by atoms with Crippen molar-refractivity contribution < 1.29 is 13.3 Å². The molecule has 0 radical (unpaired) electrons. The summed E-state index contributed by atoms with van der Waals surface area (Å²) >= 11 is 0. The van der Waals surface area contributed by atoms with Gasteiger partial charge in [-0.15, -0.1) is 0 Å². The van der Waals surface area contributed by atoms with Gasteiger partial charge in [-0.3, -0.25) is 4.40 Å². The SMILES string of the molecule is Cc1cc(S(=O)N(C)C)ccc1-c1cnc(NCc2c(F)ccc3c2CCO3)n2cc(C#N)nc12. The van der Waals surface area contributed by atoms with E-state index in [2.05, 4.69) is 21.4 Å². The molecule has 1 aliphatic heterocycles. The lowest BCUT2D eigenvalue weighted by Gasteiger charge is -2.15. The number of halogens is 1. The third-order valence-corrected chi connectivity index (χ3v) is 7.31. The summed E-state index contributed by atoms with van der Waals surface area (Å²) in [4.78, 5) is 9.76. The molecular weight excluding hydrogens is 467 g/mol. The smallest absolute Gasteiger partial charge is 0.208 e. The van der Waals surface area contributed by atoms with Crippen LogP contribution in [0.25, 0.3) is 16.8 Å². The van der Waals surface area contributed by atoms with Gasteiger partial charge in [-0.25, -0.2) is 22.9 Å². The molecule has 0 amide bonds. The molecule has 5 rings (SSSR count). The van der Waals surface area contributed by atoms with Gasteiger partial charge < -0.3 is 10.1 Å². The summed E-state index contributed by atoms with van der Waals surface area (Å²) in [5, 5.41) is 12.7. The summed E-state index contributed by atoms with van der Waals surface area (Å²) < 4.78 is 35.9. The molecule has 35 heavy (non-hydrogen) atoms. The van der Waals surface area contributed by atoms with Crippen molar-refractivity contribution in [3.63, 3.8) is 0 Å². The maximum atomic E-state index is 14.6. The van der Waals surface area contributed by atoms with Gasteiger partial charge in [0.15, 0.2) is 11.3 Å². The fraction of sp³-hybridized carbons (Fsp3) is 0.240. The predicted octanol–water partition coefficient (Wildman–Crippen LogP) is 3.85. The standard InChI is InChI=1S/C25H23FN6O2S/c1-15-10-17(35(33)31(2)3)4-5-18(15)21-13-29-25(32-14-16(11-27)30-24(21)32)28-12-20-19-8-9-34-23(19)7-6-22(20)26/h4-7,10,13-14H,8-9,12H2,1-3H3,(H,28,29). The minimum Gasteiger partial charge on any atom is -0.493 e. The molecule has 178 valence electrons. The van der Waals surface area contributed by atoms with Crippen LogP contribution in [0.5, 0.6) is 5.75 Å². The Bertz CT molecular complexity index is 1520. The zero-order valence-corrected chi connectivity index (χ0v) is 20.3. The number of anilines is 1. The van der Waals surface area contributed by atoms with Crippen molar-refractivity contribution in [2.24, 2.45) is 0 Å². The first-order chi connectivity index (χ1) is 16.9. The van der Waals surface area contributed by atoms with E-state index in [4.69, 9.17) is 4.74 Å². The number of aromatic nitrogens is 3. The van der Waals surface area contributed by atoms with Gasteiger partial charge in [-0.05, 0) is 56.4 Å². The summed E-state index contributed by atoms with van der Waals surface area (Å²) in [5.41, 5.74) is 4.70. The van der Waals surface area contributed by atoms with Crippen molar-refractivity contribution in [2.75, 3.05) is 26.0 Å². The Morgan fingerprint density at radius 2 is 2.11 bits per heavy atom. The van der Waals surface area contributed by atoms with Crippen LogP contribution in [0, 0.1) is 24.1 Å². The van der Waals surface area contributed by atoms with Crippen LogP contribution in [0.4, 0.5) is 10.3 Å². The first-order valence-corrected chi connectivity index (χ1v) is 12.1. The van der Waals surface area contributed by atoms with Crippen LogP contribution in [-0.4, -0.2) is 43.6 Å². The molecule has 1 N–H and O–H groups in total. The Balaban J connectivity index is 1.53. The molecule has 4 aromatic rings. The lowest BCUT2D eigenvalue weighted by atomic mass is 10.0. The van der Waals surface area contributed by atoms with Gasteiger partial charge in [0.25, 0.3) is 0 Å². The fourth-order valence-corrected chi connectivity index (χ4v) is 5.17. The molecule has 0 saturated heterocycles.